The highest BCUT2D eigenvalue weighted by molar-refractivity contribution is 5.88. The smallest absolute Gasteiger partial charge is 0.239 e. The number of phenols is 3. The Bertz CT molecular complexity index is 1570. The highest BCUT2D eigenvalue weighted by Gasteiger charge is 2.51. The molecule has 3 heterocycles. The second kappa shape index (κ2) is 12.9. The average molecular weight is 641 g/mol. The molecule has 0 amide bonds. The summed E-state index contributed by atoms with van der Waals surface area (Å²) in [4.78, 5) is 13.9. The molecule has 0 bridgehead atoms. The molecule has 0 spiro atoms. The summed E-state index contributed by atoms with van der Waals surface area (Å²) in [5.74, 6) is -2.65. The first kappa shape index (κ1) is 32.6. The van der Waals surface area contributed by atoms with Crippen LogP contribution in [0.15, 0.2) is 39.5 Å². The van der Waals surface area contributed by atoms with E-state index in [9.17, 15) is 55.9 Å². The summed E-state index contributed by atoms with van der Waals surface area (Å²) in [5.41, 5.74) is -1.22. The standard InChI is InChI=1S/C28H32O17/c1-40-10-5-13(33)17-14(6-10)41-24(9-2-3-11(31)12(32)4-9)25(20(17)36)44-28-26(22(38)19(35)16(8-30)43-28)45-27-23(39)21(37)18(34)15(7-29)42-27/h2-6,15-16,18-19,21-23,26-35,37-39H,7-8H2,1H3. The van der Waals surface area contributed by atoms with Gasteiger partial charge in [-0.2, -0.15) is 0 Å². The number of aromatic hydroxyl groups is 3. The van der Waals surface area contributed by atoms with Crippen molar-refractivity contribution in [2.24, 2.45) is 0 Å². The van der Waals surface area contributed by atoms with E-state index < -0.39 is 103 Å². The molecule has 10 atom stereocenters. The average Bonchev–Trinajstić information content (AvgIpc) is 3.02. The number of benzene rings is 2. The Morgan fingerprint density at radius 3 is 2.02 bits per heavy atom. The zero-order valence-corrected chi connectivity index (χ0v) is 23.4. The Balaban J connectivity index is 1.62. The molecule has 2 fully saturated rings. The first-order valence-corrected chi connectivity index (χ1v) is 13.5. The Labute approximate surface area is 252 Å². The lowest BCUT2D eigenvalue weighted by molar-refractivity contribution is -0.358. The zero-order valence-electron chi connectivity index (χ0n) is 23.4. The van der Waals surface area contributed by atoms with E-state index in [-0.39, 0.29) is 28.0 Å². The lowest BCUT2D eigenvalue weighted by Gasteiger charge is -2.45. The van der Waals surface area contributed by atoms with Crippen molar-refractivity contribution in [1.29, 1.82) is 0 Å². The fourth-order valence-electron chi connectivity index (χ4n) is 5.08. The Morgan fingerprint density at radius 2 is 1.40 bits per heavy atom. The van der Waals surface area contributed by atoms with Gasteiger partial charge in [0, 0.05) is 17.7 Å². The van der Waals surface area contributed by atoms with Gasteiger partial charge in [0.05, 0.1) is 20.3 Å². The van der Waals surface area contributed by atoms with Crippen LogP contribution in [0.3, 0.4) is 0 Å². The maximum Gasteiger partial charge on any atom is 0.239 e. The van der Waals surface area contributed by atoms with Gasteiger partial charge < -0.3 is 79.2 Å². The predicted octanol–water partition coefficient (Wildman–Crippen LogP) is -2.41. The van der Waals surface area contributed by atoms with Crippen LogP contribution in [0.2, 0.25) is 0 Å². The van der Waals surface area contributed by atoms with Crippen molar-refractivity contribution in [3.63, 3.8) is 0 Å². The summed E-state index contributed by atoms with van der Waals surface area (Å²) in [6, 6.07) is 5.79. The summed E-state index contributed by atoms with van der Waals surface area (Å²) in [6.07, 6.45) is -17.9. The SMILES string of the molecule is COc1cc(O)c2c(=O)c(OC3OC(CO)C(O)C(O)C3OC3OC(CO)C(O)C(O)C3O)c(-c3ccc(O)c(O)c3)oc2c1. The maximum absolute atomic E-state index is 13.9. The van der Waals surface area contributed by atoms with E-state index in [1.165, 1.54) is 19.2 Å². The number of phenolic OH excluding ortho intramolecular Hbond substituents is 3. The summed E-state index contributed by atoms with van der Waals surface area (Å²) < 4.78 is 33.5. The molecule has 45 heavy (non-hydrogen) atoms. The van der Waals surface area contributed by atoms with Crippen LogP contribution in [0, 0.1) is 0 Å². The highest BCUT2D eigenvalue weighted by atomic mass is 16.8. The molecule has 0 aliphatic carbocycles. The van der Waals surface area contributed by atoms with Gasteiger partial charge in [0.2, 0.25) is 17.5 Å². The molecule has 5 rings (SSSR count). The van der Waals surface area contributed by atoms with Gasteiger partial charge in [-0.15, -0.1) is 0 Å². The number of ether oxygens (including phenoxy) is 5. The van der Waals surface area contributed by atoms with Gasteiger partial charge in [0.1, 0.15) is 65.2 Å². The minimum Gasteiger partial charge on any atom is -0.507 e. The van der Waals surface area contributed by atoms with Crippen LogP contribution in [-0.2, 0) is 14.2 Å². The van der Waals surface area contributed by atoms with E-state index in [0.29, 0.717) is 0 Å². The van der Waals surface area contributed by atoms with Crippen LogP contribution in [0.25, 0.3) is 22.3 Å². The largest absolute Gasteiger partial charge is 0.507 e. The number of rotatable bonds is 8. The van der Waals surface area contributed by atoms with Crippen molar-refractivity contribution in [3.05, 3.63) is 40.6 Å². The molecule has 17 heteroatoms. The minimum absolute atomic E-state index is 0.0249. The molecule has 10 N–H and O–H groups in total. The van der Waals surface area contributed by atoms with Crippen molar-refractivity contribution in [3.8, 4) is 40.1 Å². The van der Waals surface area contributed by atoms with Gasteiger partial charge in [-0.1, -0.05) is 0 Å². The molecule has 246 valence electrons. The van der Waals surface area contributed by atoms with E-state index in [4.69, 9.17) is 28.1 Å². The van der Waals surface area contributed by atoms with Gasteiger partial charge in [-0.3, -0.25) is 4.79 Å². The summed E-state index contributed by atoms with van der Waals surface area (Å²) in [7, 11) is 1.31. The second-order valence-corrected chi connectivity index (χ2v) is 10.4. The first-order chi connectivity index (χ1) is 21.4. The van der Waals surface area contributed by atoms with Gasteiger partial charge in [0.15, 0.2) is 29.7 Å². The second-order valence-electron chi connectivity index (χ2n) is 10.4. The van der Waals surface area contributed by atoms with E-state index in [0.717, 1.165) is 18.2 Å². The molecule has 3 aromatic rings. The van der Waals surface area contributed by atoms with Crippen molar-refractivity contribution in [2.45, 2.75) is 61.4 Å². The maximum atomic E-state index is 13.9. The molecule has 0 radical (unpaired) electrons. The van der Waals surface area contributed by atoms with Crippen LogP contribution in [0.4, 0.5) is 0 Å². The van der Waals surface area contributed by atoms with Crippen LogP contribution >= 0.6 is 0 Å². The number of aliphatic hydroxyl groups is 7. The quantitative estimate of drug-likeness (QED) is 0.115. The topological polar surface area (TPSA) is 279 Å². The molecule has 17 nitrogen and oxygen atoms in total. The molecule has 2 aliphatic heterocycles. The van der Waals surface area contributed by atoms with Gasteiger partial charge in [-0.05, 0) is 18.2 Å². The fraction of sp³-hybridized carbons (Fsp3) is 0.464. The molecule has 1 aromatic heterocycles. The van der Waals surface area contributed by atoms with Crippen LogP contribution in [-0.4, -0.2) is 133 Å². The number of hydrogen-bond donors (Lipinski definition) is 10. The van der Waals surface area contributed by atoms with E-state index in [1.807, 2.05) is 0 Å². The van der Waals surface area contributed by atoms with Crippen LogP contribution in [0.5, 0.6) is 28.7 Å². The number of hydrogen-bond acceptors (Lipinski definition) is 17. The molecule has 0 saturated carbocycles. The highest BCUT2D eigenvalue weighted by Crippen LogP contribution is 2.40. The molecular weight excluding hydrogens is 608 g/mol. The van der Waals surface area contributed by atoms with Crippen LogP contribution < -0.4 is 14.9 Å². The van der Waals surface area contributed by atoms with E-state index in [1.54, 1.807) is 0 Å². The summed E-state index contributed by atoms with van der Waals surface area (Å²) in [5, 5.41) is 102. The Morgan fingerprint density at radius 1 is 0.756 bits per heavy atom. The molecule has 2 aliphatic rings. The normalized spacial score (nSPS) is 32.0. The molecular formula is C28H32O17. The third kappa shape index (κ3) is 5.98. The zero-order chi connectivity index (χ0) is 32.7. The van der Waals surface area contributed by atoms with Crippen LogP contribution in [0.1, 0.15) is 0 Å². The van der Waals surface area contributed by atoms with Gasteiger partial charge in [0.25, 0.3) is 0 Å². The number of methoxy groups -OCH3 is 1. The Hall–Kier alpha value is -3.75. The lowest BCUT2D eigenvalue weighted by atomic mass is 9.97. The predicted molar refractivity (Wildman–Crippen MR) is 146 cm³/mol. The molecule has 2 saturated heterocycles. The lowest BCUT2D eigenvalue weighted by Crippen LogP contribution is -2.65. The first-order valence-electron chi connectivity index (χ1n) is 13.5. The number of fused-ring (bicyclic) bond motifs is 1. The van der Waals surface area contributed by atoms with E-state index in [2.05, 4.69) is 0 Å². The Kier molecular flexibility index (Phi) is 9.38. The van der Waals surface area contributed by atoms with Gasteiger partial charge >= 0.3 is 0 Å². The summed E-state index contributed by atoms with van der Waals surface area (Å²) >= 11 is 0. The third-order valence-corrected chi connectivity index (χ3v) is 7.58. The fourth-order valence-corrected chi connectivity index (χ4v) is 5.08. The van der Waals surface area contributed by atoms with Crippen molar-refractivity contribution >= 4 is 11.0 Å². The summed E-state index contributed by atoms with van der Waals surface area (Å²) in [6.45, 7) is -1.66. The minimum atomic E-state index is -1.96. The molecule has 2 aromatic carbocycles. The van der Waals surface area contributed by atoms with Gasteiger partial charge in [-0.25, -0.2) is 0 Å². The molecule has 10 unspecified atom stereocenters. The van der Waals surface area contributed by atoms with E-state index >= 15 is 0 Å². The van der Waals surface area contributed by atoms with Crippen molar-refractivity contribution in [2.75, 3.05) is 20.3 Å². The van der Waals surface area contributed by atoms with Crippen molar-refractivity contribution in [1.82, 2.24) is 0 Å². The monoisotopic (exact) mass is 640 g/mol. The van der Waals surface area contributed by atoms with Crippen molar-refractivity contribution < 1.29 is 79.2 Å². The number of aliphatic hydroxyl groups excluding tert-OH is 7. The third-order valence-electron chi connectivity index (χ3n) is 7.58.